The number of methoxy groups -OCH3 is 1. The number of hydrogen-bond donors (Lipinski definition) is 1. The van der Waals surface area contributed by atoms with E-state index in [4.69, 9.17) is 4.74 Å². The lowest BCUT2D eigenvalue weighted by Crippen LogP contribution is -2.29. The number of pyridine rings is 1. The summed E-state index contributed by atoms with van der Waals surface area (Å²) in [6.07, 6.45) is 1.81. The highest BCUT2D eigenvalue weighted by atomic mass is 32.1. The Kier molecular flexibility index (Phi) is 5.64. The number of aliphatic hydroxyl groups excluding tert-OH is 1. The van der Waals surface area contributed by atoms with Gasteiger partial charge in [-0.25, -0.2) is 9.78 Å². The molecule has 1 unspecified atom stereocenters. The molecule has 1 N–H and O–H groups in total. The number of Topliss-reactive ketones (excluding diaryl/α,β-unsaturated/α-hetero) is 1. The molecular formula is C25H21N5O5S. The number of fused-ring (bicyclic) bond motifs is 1. The molecule has 4 heterocycles. The van der Waals surface area contributed by atoms with Crippen LogP contribution in [0.25, 0.3) is 11.4 Å². The van der Waals surface area contributed by atoms with Gasteiger partial charge in [-0.05, 0) is 50.1 Å². The number of imidazole rings is 1. The van der Waals surface area contributed by atoms with Gasteiger partial charge in [-0.1, -0.05) is 29.5 Å². The van der Waals surface area contributed by atoms with E-state index in [1.165, 1.54) is 24.1 Å². The third-order valence-corrected chi connectivity index (χ3v) is 6.96. The molecule has 1 aliphatic heterocycles. The molecule has 3 aromatic heterocycles. The number of carbonyl (C=O) groups is 3. The topological polar surface area (TPSA) is 127 Å². The van der Waals surface area contributed by atoms with Gasteiger partial charge in [0.15, 0.2) is 5.76 Å². The molecule has 11 heteroatoms. The summed E-state index contributed by atoms with van der Waals surface area (Å²) in [5.41, 5.74) is 3.01. The molecule has 0 radical (unpaired) electrons. The first-order valence-electron chi connectivity index (χ1n) is 11.0. The smallest absolute Gasteiger partial charge is 0.337 e. The number of anilines is 1. The average Bonchev–Trinajstić information content (AvgIpc) is 3.53. The van der Waals surface area contributed by atoms with E-state index in [0.29, 0.717) is 27.5 Å². The maximum Gasteiger partial charge on any atom is 0.337 e. The summed E-state index contributed by atoms with van der Waals surface area (Å²) in [4.78, 5) is 44.3. The summed E-state index contributed by atoms with van der Waals surface area (Å²) in [5.74, 6) is -2.62. The Morgan fingerprint density at radius 3 is 2.42 bits per heavy atom. The van der Waals surface area contributed by atoms with E-state index in [2.05, 4.69) is 15.2 Å². The number of rotatable bonds is 4. The van der Waals surface area contributed by atoms with Gasteiger partial charge < -0.3 is 14.2 Å². The molecule has 1 atom stereocenters. The molecule has 1 aliphatic rings. The normalized spacial score (nSPS) is 17.2. The lowest BCUT2D eigenvalue weighted by molar-refractivity contribution is -0.132. The molecule has 1 fully saturated rings. The summed E-state index contributed by atoms with van der Waals surface area (Å²) < 4.78 is 6.58. The number of ether oxygens (including phenoxy) is 1. The quantitative estimate of drug-likeness (QED) is 0.194. The first-order chi connectivity index (χ1) is 17.2. The van der Waals surface area contributed by atoms with Gasteiger partial charge >= 0.3 is 11.9 Å². The fraction of sp³-hybridized carbons (Fsp3) is 0.200. The van der Waals surface area contributed by atoms with Crippen molar-refractivity contribution >= 4 is 45.5 Å². The average molecular weight is 504 g/mol. The zero-order chi connectivity index (χ0) is 25.7. The highest BCUT2D eigenvalue weighted by Gasteiger charge is 2.48. The fourth-order valence-electron chi connectivity index (χ4n) is 4.32. The van der Waals surface area contributed by atoms with Crippen LogP contribution < -0.4 is 4.90 Å². The van der Waals surface area contributed by atoms with Crippen LogP contribution in [-0.4, -0.2) is 49.5 Å². The summed E-state index contributed by atoms with van der Waals surface area (Å²) in [7, 11) is 1.28. The van der Waals surface area contributed by atoms with Crippen molar-refractivity contribution in [3.63, 3.8) is 0 Å². The third kappa shape index (κ3) is 3.55. The molecular weight excluding hydrogens is 482 g/mol. The van der Waals surface area contributed by atoms with Crippen LogP contribution >= 0.6 is 11.3 Å². The van der Waals surface area contributed by atoms with Crippen molar-refractivity contribution in [1.29, 1.82) is 0 Å². The van der Waals surface area contributed by atoms with Crippen molar-refractivity contribution < 1.29 is 24.2 Å². The second-order valence-electron chi connectivity index (χ2n) is 8.32. The highest BCUT2D eigenvalue weighted by Crippen LogP contribution is 2.43. The zero-order valence-electron chi connectivity index (χ0n) is 19.8. The number of aryl methyl sites for hydroxylation is 3. The van der Waals surface area contributed by atoms with Crippen molar-refractivity contribution in [3.8, 4) is 0 Å². The summed E-state index contributed by atoms with van der Waals surface area (Å²) in [6, 6.07) is 9.04. The van der Waals surface area contributed by atoms with Gasteiger partial charge in [-0.3, -0.25) is 14.5 Å². The molecule has 1 saturated heterocycles. The van der Waals surface area contributed by atoms with E-state index in [0.717, 1.165) is 16.9 Å². The Morgan fingerprint density at radius 2 is 1.81 bits per heavy atom. The molecule has 0 spiro atoms. The maximum absolute atomic E-state index is 13.3. The van der Waals surface area contributed by atoms with Crippen LogP contribution in [0.2, 0.25) is 0 Å². The van der Waals surface area contributed by atoms with Crippen LogP contribution in [-0.2, 0) is 14.3 Å². The first kappa shape index (κ1) is 23.4. The molecule has 182 valence electrons. The number of benzene rings is 1. The van der Waals surface area contributed by atoms with Crippen LogP contribution in [0.1, 0.15) is 43.9 Å². The van der Waals surface area contributed by atoms with E-state index < -0.39 is 23.7 Å². The van der Waals surface area contributed by atoms with Crippen molar-refractivity contribution in [2.75, 3.05) is 12.0 Å². The Labute approximate surface area is 209 Å². The van der Waals surface area contributed by atoms with E-state index in [9.17, 15) is 19.5 Å². The van der Waals surface area contributed by atoms with E-state index in [1.54, 1.807) is 26.0 Å². The largest absolute Gasteiger partial charge is 0.505 e. The SMILES string of the molecule is COC(=O)c1ccc(C2/C(=C(\O)c3nc4c(C)cccn4c3C)C(=O)C(=O)N2c2nnc(C)s2)cc1. The second-order valence-corrected chi connectivity index (χ2v) is 9.48. The summed E-state index contributed by atoms with van der Waals surface area (Å²) in [5, 5.41) is 20.3. The number of nitrogens with zero attached hydrogens (tertiary/aromatic N) is 5. The number of aliphatic hydroxyl groups is 1. The first-order valence-corrected chi connectivity index (χ1v) is 11.8. The Balaban J connectivity index is 1.74. The van der Waals surface area contributed by atoms with Gasteiger partial charge in [0.05, 0.1) is 30.0 Å². The number of amides is 1. The molecule has 36 heavy (non-hydrogen) atoms. The predicted octanol–water partition coefficient (Wildman–Crippen LogP) is 3.52. The van der Waals surface area contributed by atoms with E-state index in [-0.39, 0.29) is 22.2 Å². The molecule has 0 saturated carbocycles. The van der Waals surface area contributed by atoms with Crippen LogP contribution in [0.5, 0.6) is 0 Å². The molecule has 10 nitrogen and oxygen atoms in total. The van der Waals surface area contributed by atoms with Crippen molar-refractivity contribution in [1.82, 2.24) is 19.6 Å². The standard InChI is InChI=1S/C25H21N5O5S/c1-12-6-5-11-29-13(2)18(26-22(12)29)20(31)17-19(15-7-9-16(10-8-15)24(34)35-4)30(23(33)21(17)32)25-28-27-14(3)36-25/h5-11,19,31H,1-4H3/b20-17+. The van der Waals surface area contributed by atoms with Gasteiger partial charge in [-0.2, -0.15) is 0 Å². The number of esters is 1. The lowest BCUT2D eigenvalue weighted by Gasteiger charge is -2.22. The molecule has 1 amide bonds. The Bertz CT molecular complexity index is 1580. The van der Waals surface area contributed by atoms with E-state index in [1.807, 2.05) is 29.7 Å². The Hall–Kier alpha value is -4.38. The van der Waals surface area contributed by atoms with Gasteiger partial charge in [0.25, 0.3) is 5.78 Å². The number of hydrogen-bond acceptors (Lipinski definition) is 9. The van der Waals surface area contributed by atoms with Crippen LogP contribution in [0.15, 0.2) is 48.2 Å². The van der Waals surface area contributed by atoms with E-state index >= 15 is 0 Å². The van der Waals surface area contributed by atoms with Gasteiger partial charge in [0, 0.05) is 6.20 Å². The van der Waals surface area contributed by atoms with Gasteiger partial charge in [0.2, 0.25) is 5.13 Å². The number of aromatic nitrogens is 4. The lowest BCUT2D eigenvalue weighted by atomic mass is 9.95. The van der Waals surface area contributed by atoms with Crippen LogP contribution in [0.3, 0.4) is 0 Å². The second kappa shape index (κ2) is 8.68. The minimum atomic E-state index is -1.01. The number of ketones is 1. The number of carbonyl (C=O) groups excluding carboxylic acids is 3. The van der Waals surface area contributed by atoms with Crippen molar-refractivity contribution in [3.05, 3.63) is 81.3 Å². The Morgan fingerprint density at radius 1 is 1.08 bits per heavy atom. The minimum absolute atomic E-state index is 0.122. The monoisotopic (exact) mass is 503 g/mol. The third-order valence-electron chi connectivity index (χ3n) is 6.12. The fourth-order valence-corrected chi connectivity index (χ4v) is 5.04. The zero-order valence-corrected chi connectivity index (χ0v) is 20.7. The maximum atomic E-state index is 13.3. The van der Waals surface area contributed by atoms with Gasteiger partial charge in [0.1, 0.15) is 16.3 Å². The molecule has 4 aromatic rings. The minimum Gasteiger partial charge on any atom is -0.505 e. The van der Waals surface area contributed by atoms with Gasteiger partial charge in [-0.15, -0.1) is 10.2 Å². The van der Waals surface area contributed by atoms with Crippen LogP contribution in [0, 0.1) is 20.8 Å². The summed E-state index contributed by atoms with van der Waals surface area (Å²) in [6.45, 7) is 5.41. The van der Waals surface area contributed by atoms with Crippen molar-refractivity contribution in [2.24, 2.45) is 0 Å². The molecule has 5 rings (SSSR count). The molecule has 1 aromatic carbocycles. The van der Waals surface area contributed by atoms with Crippen LogP contribution in [0.4, 0.5) is 5.13 Å². The molecule has 0 aliphatic carbocycles. The molecule has 0 bridgehead atoms. The predicted molar refractivity (Wildman–Crippen MR) is 132 cm³/mol. The van der Waals surface area contributed by atoms with Crippen molar-refractivity contribution in [2.45, 2.75) is 26.8 Å². The highest BCUT2D eigenvalue weighted by molar-refractivity contribution is 7.15. The summed E-state index contributed by atoms with van der Waals surface area (Å²) >= 11 is 1.15.